The number of rotatable bonds is 2. The van der Waals surface area contributed by atoms with Gasteiger partial charge in [0.15, 0.2) is 0 Å². The highest BCUT2D eigenvalue weighted by atomic mass is 14.4. The molecule has 0 aliphatic heterocycles. The van der Waals surface area contributed by atoms with Gasteiger partial charge in [-0.15, -0.1) is 0 Å². The van der Waals surface area contributed by atoms with Crippen molar-refractivity contribution in [3.05, 3.63) is 169 Å². The van der Waals surface area contributed by atoms with Crippen molar-refractivity contribution in [2.45, 2.75) is 19.3 Å². The fourth-order valence-electron chi connectivity index (χ4n) is 8.46. The predicted molar refractivity (Wildman–Crippen MR) is 202 cm³/mol. The van der Waals surface area contributed by atoms with Crippen LogP contribution in [0.2, 0.25) is 0 Å². The van der Waals surface area contributed by atoms with Crippen molar-refractivity contribution >= 4 is 53.9 Å². The maximum atomic E-state index is 2.47. The normalized spacial score (nSPS) is 13.5. The van der Waals surface area contributed by atoms with E-state index in [1.807, 2.05) is 0 Å². The molecule has 0 heteroatoms. The summed E-state index contributed by atoms with van der Waals surface area (Å²) in [7, 11) is 0. The van der Waals surface area contributed by atoms with E-state index in [2.05, 4.69) is 172 Å². The fraction of sp³-hybridized carbons (Fsp3) is 0.0638. The smallest absolute Gasteiger partial charge is 0.0159 e. The lowest BCUT2D eigenvalue weighted by atomic mass is 9.80. The number of fused-ring (bicyclic) bond motifs is 12. The molecule has 0 atom stereocenters. The van der Waals surface area contributed by atoms with Gasteiger partial charge in [-0.1, -0.05) is 147 Å². The zero-order valence-electron chi connectivity index (χ0n) is 26.5. The third-order valence-corrected chi connectivity index (χ3v) is 10.8. The molecule has 1 aliphatic rings. The molecule has 9 aromatic carbocycles. The number of hydrogen-bond donors (Lipinski definition) is 0. The van der Waals surface area contributed by atoms with Crippen LogP contribution < -0.4 is 0 Å². The van der Waals surface area contributed by atoms with Crippen LogP contribution in [0.1, 0.15) is 25.0 Å². The molecule has 0 fully saturated rings. The molecule has 0 nitrogen and oxygen atoms in total. The van der Waals surface area contributed by atoms with Gasteiger partial charge < -0.3 is 0 Å². The summed E-state index contributed by atoms with van der Waals surface area (Å²) in [5.74, 6) is 0. The summed E-state index contributed by atoms with van der Waals surface area (Å²) in [6.07, 6.45) is 0. The zero-order valence-corrected chi connectivity index (χ0v) is 26.5. The maximum absolute atomic E-state index is 2.47. The van der Waals surface area contributed by atoms with Crippen LogP contribution in [0.4, 0.5) is 0 Å². The minimum Gasteiger partial charge on any atom is -0.0616 e. The van der Waals surface area contributed by atoms with E-state index in [0.717, 1.165) is 0 Å². The first-order chi connectivity index (χ1) is 23.1. The van der Waals surface area contributed by atoms with Gasteiger partial charge in [0.05, 0.1) is 0 Å². The average Bonchev–Trinajstić information content (AvgIpc) is 3.35. The zero-order chi connectivity index (χ0) is 31.3. The summed E-state index contributed by atoms with van der Waals surface area (Å²) in [5, 5.41) is 13.1. The molecule has 0 saturated heterocycles. The summed E-state index contributed by atoms with van der Waals surface area (Å²) >= 11 is 0. The van der Waals surface area contributed by atoms with E-state index < -0.39 is 0 Å². The lowest BCUT2D eigenvalue weighted by Gasteiger charge is -2.23. The molecule has 0 unspecified atom stereocenters. The van der Waals surface area contributed by atoms with Gasteiger partial charge in [-0.2, -0.15) is 0 Å². The highest BCUT2D eigenvalue weighted by molar-refractivity contribution is 6.33. The Hall–Kier alpha value is -5.72. The molecule has 0 aromatic heterocycles. The van der Waals surface area contributed by atoms with Gasteiger partial charge in [0.25, 0.3) is 0 Å². The van der Waals surface area contributed by atoms with E-state index in [1.165, 1.54) is 98.4 Å². The van der Waals surface area contributed by atoms with E-state index in [0.29, 0.717) is 0 Å². The molecule has 0 spiro atoms. The predicted octanol–water partition coefficient (Wildman–Crippen LogP) is 13.1. The van der Waals surface area contributed by atoms with Crippen LogP contribution in [-0.4, -0.2) is 0 Å². The van der Waals surface area contributed by atoms with Crippen molar-refractivity contribution in [1.29, 1.82) is 0 Å². The third-order valence-electron chi connectivity index (χ3n) is 10.8. The Morgan fingerprint density at radius 2 is 0.787 bits per heavy atom. The average molecular weight is 597 g/mol. The molecule has 10 rings (SSSR count). The highest BCUT2D eigenvalue weighted by Gasteiger charge is 2.36. The van der Waals surface area contributed by atoms with E-state index in [1.54, 1.807) is 0 Å². The Kier molecular flexibility index (Phi) is 5.44. The van der Waals surface area contributed by atoms with Gasteiger partial charge in [-0.3, -0.25) is 0 Å². The van der Waals surface area contributed by atoms with Crippen LogP contribution in [0.25, 0.3) is 87.2 Å². The highest BCUT2D eigenvalue weighted by Crippen LogP contribution is 2.51. The third kappa shape index (κ3) is 3.76. The van der Waals surface area contributed by atoms with Crippen molar-refractivity contribution in [2.24, 2.45) is 0 Å². The Bertz CT molecular complexity index is 2760. The van der Waals surface area contributed by atoms with Crippen LogP contribution in [0.5, 0.6) is 0 Å². The molecule has 47 heavy (non-hydrogen) atoms. The molecular formula is C47H32. The largest absolute Gasteiger partial charge is 0.0616 e. The Labute approximate surface area is 274 Å². The van der Waals surface area contributed by atoms with E-state index >= 15 is 0 Å². The van der Waals surface area contributed by atoms with E-state index in [4.69, 9.17) is 0 Å². The van der Waals surface area contributed by atoms with Crippen LogP contribution in [-0.2, 0) is 5.41 Å². The monoisotopic (exact) mass is 596 g/mol. The number of benzene rings is 9. The topological polar surface area (TPSA) is 0 Å². The number of hydrogen-bond acceptors (Lipinski definition) is 0. The van der Waals surface area contributed by atoms with Gasteiger partial charge in [-0.25, -0.2) is 0 Å². The Morgan fingerprint density at radius 3 is 1.49 bits per heavy atom. The van der Waals surface area contributed by atoms with E-state index in [9.17, 15) is 0 Å². The first kappa shape index (κ1) is 26.5. The lowest BCUT2D eigenvalue weighted by Crippen LogP contribution is -2.15. The molecule has 0 N–H and O–H groups in total. The van der Waals surface area contributed by atoms with E-state index in [-0.39, 0.29) is 5.41 Å². The van der Waals surface area contributed by atoms with Gasteiger partial charge in [0.1, 0.15) is 0 Å². The first-order valence-electron chi connectivity index (χ1n) is 16.6. The van der Waals surface area contributed by atoms with Crippen molar-refractivity contribution < 1.29 is 0 Å². The summed E-state index contributed by atoms with van der Waals surface area (Å²) in [6, 6.07) is 58.9. The van der Waals surface area contributed by atoms with Crippen LogP contribution in [0.15, 0.2) is 158 Å². The molecule has 1 aliphatic carbocycles. The standard InChI is InChI=1S/C47H32/c1-47(2)44-26-32(31-20-19-29-11-3-4-12-30(29)25-31)21-23-38(44)39-24-22-33(27-45(39)47)42-28-43-36-15-6-5-13-34(36)35-14-7-9-17-40(35)46(43)41-18-10-8-16-37(41)42/h3-28H,1-2H3. The summed E-state index contributed by atoms with van der Waals surface area (Å²) in [6.45, 7) is 4.79. The molecule has 0 radical (unpaired) electrons. The molecular weight excluding hydrogens is 565 g/mol. The van der Waals surface area contributed by atoms with Gasteiger partial charge in [0, 0.05) is 5.41 Å². The minimum absolute atomic E-state index is 0.122. The summed E-state index contributed by atoms with van der Waals surface area (Å²) in [4.78, 5) is 0. The first-order valence-corrected chi connectivity index (χ1v) is 16.6. The molecule has 0 heterocycles. The van der Waals surface area contributed by atoms with Crippen LogP contribution in [0, 0.1) is 0 Å². The summed E-state index contributed by atoms with van der Waals surface area (Å²) in [5.41, 5.74) is 10.5. The van der Waals surface area contributed by atoms with Gasteiger partial charge in [0.2, 0.25) is 0 Å². The van der Waals surface area contributed by atoms with Crippen molar-refractivity contribution in [3.63, 3.8) is 0 Å². The lowest BCUT2D eigenvalue weighted by molar-refractivity contribution is 0.661. The Morgan fingerprint density at radius 1 is 0.319 bits per heavy atom. The fourth-order valence-corrected chi connectivity index (χ4v) is 8.46. The SMILES string of the molecule is CC1(C)c2cc(-c3ccc4ccccc4c3)ccc2-c2ccc(-c3cc4c5ccccc5c5ccccc5c4c4ccccc34)cc21. The van der Waals surface area contributed by atoms with Crippen LogP contribution in [0.3, 0.4) is 0 Å². The summed E-state index contributed by atoms with van der Waals surface area (Å²) < 4.78 is 0. The van der Waals surface area contributed by atoms with Gasteiger partial charge >= 0.3 is 0 Å². The van der Waals surface area contributed by atoms with Crippen molar-refractivity contribution in [2.75, 3.05) is 0 Å². The van der Waals surface area contributed by atoms with Crippen molar-refractivity contribution in [3.8, 4) is 33.4 Å². The Balaban J connectivity index is 1.17. The minimum atomic E-state index is -0.122. The maximum Gasteiger partial charge on any atom is 0.0159 e. The molecule has 0 amide bonds. The molecule has 220 valence electrons. The molecule has 9 aromatic rings. The second-order valence-corrected chi connectivity index (χ2v) is 13.7. The van der Waals surface area contributed by atoms with Crippen LogP contribution >= 0.6 is 0 Å². The van der Waals surface area contributed by atoms with Crippen molar-refractivity contribution in [1.82, 2.24) is 0 Å². The second kappa shape index (κ2) is 9.64. The molecule has 0 bridgehead atoms. The second-order valence-electron chi connectivity index (χ2n) is 13.7. The molecule has 0 saturated carbocycles. The quantitative estimate of drug-likeness (QED) is 0.174. The van der Waals surface area contributed by atoms with Gasteiger partial charge in [-0.05, 0) is 123 Å².